The first-order chi connectivity index (χ1) is 10.9. The second-order valence-corrected chi connectivity index (χ2v) is 8.36. The number of sulfonamides is 1. The molecule has 2 saturated heterocycles. The van der Waals surface area contributed by atoms with E-state index in [9.17, 15) is 13.2 Å². The molecule has 1 atom stereocenters. The number of rotatable bonds is 3. The highest BCUT2D eigenvalue weighted by molar-refractivity contribution is 7.89. The minimum absolute atomic E-state index is 0.116. The first-order valence-corrected chi connectivity index (χ1v) is 9.63. The number of aryl methyl sites for hydroxylation is 1. The lowest BCUT2D eigenvalue weighted by Gasteiger charge is -2.33. The van der Waals surface area contributed by atoms with Gasteiger partial charge in [-0.25, -0.2) is 8.42 Å². The van der Waals surface area contributed by atoms with Gasteiger partial charge in [0.1, 0.15) is 4.90 Å². The third kappa shape index (κ3) is 3.01. The third-order valence-corrected chi connectivity index (χ3v) is 6.93. The van der Waals surface area contributed by atoms with Crippen molar-refractivity contribution in [3.63, 3.8) is 0 Å². The maximum absolute atomic E-state index is 12.9. The molecule has 0 radical (unpaired) electrons. The molecule has 3 rings (SSSR count). The number of hydrogen-bond acceptors (Lipinski definition) is 4. The Bertz CT molecular complexity index is 692. The van der Waals surface area contributed by atoms with E-state index in [0.29, 0.717) is 12.2 Å². The summed E-state index contributed by atoms with van der Waals surface area (Å²) in [7, 11) is -1.86. The second-order valence-electron chi connectivity index (χ2n) is 6.45. The van der Waals surface area contributed by atoms with Crippen molar-refractivity contribution in [1.29, 1.82) is 0 Å². The molecule has 0 bridgehead atoms. The zero-order chi connectivity index (χ0) is 16.6. The monoisotopic (exact) mass is 340 g/mol. The SMILES string of the molecule is Cc1c(S(=O)(=O)N2CCC[C@H](C(=O)N3CCCC3)C2)cnn1C. The molecule has 1 aromatic rings. The number of amides is 1. The summed E-state index contributed by atoms with van der Waals surface area (Å²) in [5, 5.41) is 4.03. The van der Waals surface area contributed by atoms with E-state index in [0.717, 1.165) is 38.8 Å². The van der Waals surface area contributed by atoms with E-state index in [1.807, 2.05) is 4.90 Å². The summed E-state index contributed by atoms with van der Waals surface area (Å²) in [5.74, 6) is -0.0982. The van der Waals surface area contributed by atoms with Crippen molar-refractivity contribution in [3.8, 4) is 0 Å². The van der Waals surface area contributed by atoms with E-state index in [2.05, 4.69) is 5.10 Å². The summed E-state index contributed by atoms with van der Waals surface area (Å²) in [5.41, 5.74) is 0.623. The molecule has 2 aliphatic heterocycles. The van der Waals surface area contributed by atoms with Crippen LogP contribution in [0.15, 0.2) is 11.1 Å². The van der Waals surface area contributed by atoms with Gasteiger partial charge in [-0.15, -0.1) is 0 Å². The lowest BCUT2D eigenvalue weighted by molar-refractivity contribution is -0.135. The molecule has 1 amide bonds. The average Bonchev–Trinajstić information content (AvgIpc) is 3.18. The number of carbonyl (C=O) groups excluding carboxylic acids is 1. The minimum Gasteiger partial charge on any atom is -0.342 e. The molecule has 0 saturated carbocycles. The number of likely N-dealkylation sites (tertiary alicyclic amines) is 1. The van der Waals surface area contributed by atoms with Gasteiger partial charge in [0.05, 0.1) is 17.8 Å². The fourth-order valence-corrected chi connectivity index (χ4v) is 5.14. The van der Waals surface area contributed by atoms with Crippen molar-refractivity contribution in [2.45, 2.75) is 37.5 Å². The summed E-state index contributed by atoms with van der Waals surface area (Å²) in [6, 6.07) is 0. The van der Waals surface area contributed by atoms with Crippen LogP contribution in [-0.2, 0) is 21.9 Å². The van der Waals surface area contributed by atoms with Crippen LogP contribution in [-0.4, -0.2) is 59.5 Å². The van der Waals surface area contributed by atoms with Gasteiger partial charge in [-0.3, -0.25) is 9.48 Å². The van der Waals surface area contributed by atoms with E-state index in [1.165, 1.54) is 10.5 Å². The maximum Gasteiger partial charge on any atom is 0.246 e. The van der Waals surface area contributed by atoms with E-state index in [4.69, 9.17) is 0 Å². The summed E-state index contributed by atoms with van der Waals surface area (Å²) in [6.07, 6.45) is 5.00. The third-order valence-electron chi connectivity index (χ3n) is 4.96. The number of piperidine rings is 1. The van der Waals surface area contributed by atoms with Crippen LogP contribution in [0.5, 0.6) is 0 Å². The number of aromatic nitrogens is 2. The topological polar surface area (TPSA) is 75.5 Å². The van der Waals surface area contributed by atoms with Gasteiger partial charge in [0.25, 0.3) is 0 Å². The quantitative estimate of drug-likeness (QED) is 0.814. The van der Waals surface area contributed by atoms with Crippen LogP contribution in [0.3, 0.4) is 0 Å². The van der Waals surface area contributed by atoms with Gasteiger partial charge >= 0.3 is 0 Å². The highest BCUT2D eigenvalue weighted by atomic mass is 32.2. The molecule has 0 N–H and O–H groups in total. The standard InChI is InChI=1S/C15H24N4O3S/c1-12-14(10-16-17(12)2)23(21,22)19-9-5-6-13(11-19)15(20)18-7-3-4-8-18/h10,13H,3-9,11H2,1-2H3/t13-/m0/s1. The van der Waals surface area contributed by atoms with Crippen LogP contribution < -0.4 is 0 Å². The Morgan fingerprint density at radius 2 is 1.91 bits per heavy atom. The molecule has 0 aromatic carbocycles. The van der Waals surface area contributed by atoms with E-state index >= 15 is 0 Å². The molecule has 7 nitrogen and oxygen atoms in total. The molecule has 0 unspecified atom stereocenters. The van der Waals surface area contributed by atoms with Crippen LogP contribution in [0, 0.1) is 12.8 Å². The summed E-state index contributed by atoms with van der Waals surface area (Å²) in [6.45, 7) is 4.12. The molecule has 8 heteroatoms. The summed E-state index contributed by atoms with van der Waals surface area (Å²) in [4.78, 5) is 14.7. The second kappa shape index (κ2) is 6.24. The largest absolute Gasteiger partial charge is 0.342 e. The van der Waals surface area contributed by atoms with Gasteiger partial charge in [-0.1, -0.05) is 0 Å². The van der Waals surface area contributed by atoms with Crippen molar-refractivity contribution in [3.05, 3.63) is 11.9 Å². The zero-order valence-electron chi connectivity index (χ0n) is 13.7. The van der Waals surface area contributed by atoms with Crippen LogP contribution in [0.1, 0.15) is 31.4 Å². The van der Waals surface area contributed by atoms with Crippen LogP contribution >= 0.6 is 0 Å². The van der Waals surface area contributed by atoms with E-state index < -0.39 is 10.0 Å². The Hall–Kier alpha value is -1.41. The Kier molecular flexibility index (Phi) is 4.46. The fourth-order valence-electron chi connectivity index (χ4n) is 3.43. The van der Waals surface area contributed by atoms with E-state index in [-0.39, 0.29) is 23.3 Å². The van der Waals surface area contributed by atoms with Crippen LogP contribution in [0.4, 0.5) is 0 Å². The maximum atomic E-state index is 12.9. The number of hydrogen-bond donors (Lipinski definition) is 0. The first kappa shape index (κ1) is 16.4. The Labute approximate surface area is 137 Å². The van der Waals surface area contributed by atoms with Gasteiger partial charge in [-0.2, -0.15) is 9.40 Å². The number of nitrogens with zero attached hydrogens (tertiary/aromatic N) is 4. The first-order valence-electron chi connectivity index (χ1n) is 8.19. The Balaban J connectivity index is 1.77. The van der Waals surface area contributed by atoms with Crippen molar-refractivity contribution < 1.29 is 13.2 Å². The molecule has 0 aliphatic carbocycles. The van der Waals surface area contributed by atoms with Crippen molar-refractivity contribution in [1.82, 2.24) is 19.0 Å². The van der Waals surface area contributed by atoms with Gasteiger partial charge in [-0.05, 0) is 32.6 Å². The molecule has 23 heavy (non-hydrogen) atoms. The Morgan fingerprint density at radius 1 is 1.22 bits per heavy atom. The smallest absolute Gasteiger partial charge is 0.246 e. The summed E-state index contributed by atoms with van der Waals surface area (Å²) >= 11 is 0. The molecule has 2 fully saturated rings. The predicted molar refractivity (Wildman–Crippen MR) is 85.2 cm³/mol. The molecule has 128 valence electrons. The molecular formula is C15H24N4O3S. The van der Waals surface area contributed by atoms with Crippen molar-refractivity contribution in [2.24, 2.45) is 13.0 Å². The molecule has 1 aromatic heterocycles. The summed E-state index contributed by atoms with van der Waals surface area (Å²) < 4.78 is 28.7. The van der Waals surface area contributed by atoms with Crippen molar-refractivity contribution in [2.75, 3.05) is 26.2 Å². The molecule has 0 spiro atoms. The van der Waals surface area contributed by atoms with Crippen LogP contribution in [0.2, 0.25) is 0 Å². The lowest BCUT2D eigenvalue weighted by atomic mass is 9.98. The van der Waals surface area contributed by atoms with Gasteiger partial charge < -0.3 is 4.90 Å². The van der Waals surface area contributed by atoms with Crippen molar-refractivity contribution >= 4 is 15.9 Å². The molecule has 3 heterocycles. The average molecular weight is 340 g/mol. The number of carbonyl (C=O) groups is 1. The van der Waals surface area contributed by atoms with Crippen LogP contribution in [0.25, 0.3) is 0 Å². The predicted octanol–water partition coefficient (Wildman–Crippen LogP) is 0.752. The normalized spacial score (nSPS) is 23.4. The van der Waals surface area contributed by atoms with Gasteiger partial charge in [0, 0.05) is 33.2 Å². The van der Waals surface area contributed by atoms with E-state index in [1.54, 1.807) is 18.7 Å². The zero-order valence-corrected chi connectivity index (χ0v) is 14.5. The Morgan fingerprint density at radius 3 is 2.52 bits per heavy atom. The molecule has 2 aliphatic rings. The fraction of sp³-hybridized carbons (Fsp3) is 0.733. The van der Waals surface area contributed by atoms with Gasteiger partial charge in [0.2, 0.25) is 15.9 Å². The highest BCUT2D eigenvalue weighted by Gasteiger charge is 2.36. The van der Waals surface area contributed by atoms with Gasteiger partial charge in [0.15, 0.2) is 0 Å². The highest BCUT2D eigenvalue weighted by Crippen LogP contribution is 2.27. The molecular weight excluding hydrogens is 316 g/mol. The lowest BCUT2D eigenvalue weighted by Crippen LogP contribution is -2.46. The minimum atomic E-state index is -3.58.